The fourth-order valence-corrected chi connectivity index (χ4v) is 12.8. The topological polar surface area (TPSA) is 30.1 Å². The van der Waals surface area contributed by atoms with Crippen molar-refractivity contribution in [3.8, 4) is 16.8 Å². The van der Waals surface area contributed by atoms with Crippen LogP contribution in [0.15, 0.2) is 144 Å². The first-order valence-electron chi connectivity index (χ1n) is 21.7. The van der Waals surface area contributed by atoms with Crippen LogP contribution in [0.2, 0.25) is 0 Å². The Hall–Kier alpha value is -6.34. The first kappa shape index (κ1) is 36.3. The lowest BCUT2D eigenvalue weighted by atomic mass is 9.58. The molecule has 0 saturated heterocycles. The first-order chi connectivity index (χ1) is 30.0. The minimum atomic E-state index is -0.00839. The van der Waals surface area contributed by atoms with Gasteiger partial charge in [0.15, 0.2) is 7.28 Å². The normalized spacial score (nSPS) is 13.1. The van der Waals surface area contributed by atoms with E-state index in [4.69, 9.17) is 4.42 Å². The lowest BCUT2D eigenvalue weighted by molar-refractivity contribution is 0.590. The number of rotatable bonds is 3. The fraction of sp³-hybridized carbons (Fsp3) is 0.143. The Bertz CT molecular complexity index is 3880. The Kier molecular flexibility index (Phi) is 7.40. The molecule has 1 N–H and O–H groups in total. The van der Waals surface area contributed by atoms with Crippen molar-refractivity contribution in [3.05, 3.63) is 151 Å². The van der Waals surface area contributed by atoms with Crippen LogP contribution in [0.25, 0.3) is 101 Å². The number of aromatic nitrogens is 1. The van der Waals surface area contributed by atoms with Gasteiger partial charge >= 0.3 is 0 Å². The molecular weight excluding hydrogens is 792 g/mol. The van der Waals surface area contributed by atoms with Gasteiger partial charge in [-0.1, -0.05) is 120 Å². The van der Waals surface area contributed by atoms with E-state index in [0.717, 1.165) is 40.6 Å². The van der Waals surface area contributed by atoms with Crippen molar-refractivity contribution in [2.45, 2.75) is 52.4 Å². The molecule has 1 aliphatic rings. The van der Waals surface area contributed by atoms with E-state index in [2.05, 4.69) is 191 Å². The maximum atomic E-state index is 6.61. The standard InChI is InChI=1S/C56H43BN2OS2/c1-55(2,3)30-19-22-32(23-20-30)58-41-29-48-37(34-14-8-11-17-46(34)61-48)26-38(41)51-52-53-49(50-35-15-9-12-18-47(35)62-54(50)51)39-25-31(56(4,5)6)21-24-42(39)59(53)43-27-36-33-13-7-10-16-44(33)60-45(36)28-40(43)57-52/h7-29,57-58H,1-6H3. The zero-order chi connectivity index (χ0) is 41.8. The maximum absolute atomic E-state index is 6.61. The van der Waals surface area contributed by atoms with Gasteiger partial charge in [0.2, 0.25) is 0 Å². The molecule has 0 aliphatic carbocycles. The number of fused-ring (bicyclic) bond motifs is 15. The minimum Gasteiger partial charge on any atom is -0.456 e. The molecule has 298 valence electrons. The monoisotopic (exact) mass is 834 g/mol. The number of furan rings is 1. The Morgan fingerprint density at radius 1 is 0.548 bits per heavy atom. The second kappa shape index (κ2) is 12.6. The van der Waals surface area contributed by atoms with E-state index in [1.807, 2.05) is 22.7 Å². The summed E-state index contributed by atoms with van der Waals surface area (Å²) in [6.07, 6.45) is 0. The van der Waals surface area contributed by atoms with E-state index < -0.39 is 0 Å². The Morgan fingerprint density at radius 3 is 2.02 bits per heavy atom. The Labute approximate surface area is 368 Å². The van der Waals surface area contributed by atoms with Crippen molar-refractivity contribution in [1.29, 1.82) is 0 Å². The molecule has 1 aliphatic heterocycles. The second-order valence-electron chi connectivity index (χ2n) is 19.4. The zero-order valence-electron chi connectivity index (χ0n) is 35.7. The first-order valence-corrected chi connectivity index (χ1v) is 23.3. The Morgan fingerprint density at radius 2 is 1.24 bits per heavy atom. The van der Waals surface area contributed by atoms with Crippen LogP contribution in [0.3, 0.4) is 0 Å². The van der Waals surface area contributed by atoms with Crippen molar-refractivity contribution >= 4 is 136 Å². The molecule has 8 aromatic carbocycles. The Balaban J connectivity index is 1.20. The number of nitrogens with zero attached hydrogens (tertiary/aromatic N) is 1. The predicted octanol–water partition coefficient (Wildman–Crippen LogP) is 15.1. The van der Waals surface area contributed by atoms with Gasteiger partial charge in [0.05, 0.1) is 5.52 Å². The zero-order valence-corrected chi connectivity index (χ0v) is 37.3. The second-order valence-corrected chi connectivity index (χ2v) is 21.5. The molecule has 13 rings (SSSR count). The molecule has 0 atom stereocenters. The summed E-state index contributed by atoms with van der Waals surface area (Å²) in [5, 5.41) is 14.3. The molecule has 0 radical (unpaired) electrons. The smallest absolute Gasteiger partial charge is 0.198 e. The van der Waals surface area contributed by atoms with Gasteiger partial charge in [-0.3, -0.25) is 0 Å². The largest absolute Gasteiger partial charge is 0.456 e. The van der Waals surface area contributed by atoms with Crippen molar-refractivity contribution in [2.75, 3.05) is 5.32 Å². The van der Waals surface area contributed by atoms with Crippen LogP contribution < -0.4 is 16.2 Å². The van der Waals surface area contributed by atoms with Crippen LogP contribution in [-0.2, 0) is 10.8 Å². The third kappa shape index (κ3) is 5.17. The summed E-state index contributed by atoms with van der Waals surface area (Å²) < 4.78 is 14.5. The van der Waals surface area contributed by atoms with Crippen LogP contribution in [0.1, 0.15) is 52.7 Å². The molecule has 3 nitrogen and oxygen atoms in total. The SMILES string of the molecule is CC(C)(C)c1ccc(Nc2cc3sc4ccccc4c3cc2-c2c3c4c(c5cc(C(C)(C)C)ccc5n4-c4cc5c(cc4B3)oc3ccccc35)c3c2sc2ccccc23)cc1. The van der Waals surface area contributed by atoms with Crippen LogP contribution in [0.5, 0.6) is 0 Å². The minimum absolute atomic E-state index is 0.00839. The van der Waals surface area contributed by atoms with E-state index >= 15 is 0 Å². The van der Waals surface area contributed by atoms with Gasteiger partial charge in [-0.05, 0) is 99.7 Å². The van der Waals surface area contributed by atoms with Gasteiger partial charge in [-0.15, -0.1) is 22.7 Å². The molecule has 12 aromatic rings. The fourth-order valence-electron chi connectivity index (χ4n) is 10.4. The van der Waals surface area contributed by atoms with Crippen LogP contribution in [0, 0.1) is 0 Å². The van der Waals surface area contributed by atoms with Crippen molar-refractivity contribution < 1.29 is 4.42 Å². The number of hydrogen-bond donors (Lipinski definition) is 1. The number of hydrogen-bond acceptors (Lipinski definition) is 4. The van der Waals surface area contributed by atoms with Gasteiger partial charge in [0, 0.05) is 90.0 Å². The van der Waals surface area contributed by atoms with Crippen molar-refractivity contribution in [3.63, 3.8) is 0 Å². The molecule has 62 heavy (non-hydrogen) atoms. The summed E-state index contributed by atoms with van der Waals surface area (Å²) in [7, 11) is 0.781. The van der Waals surface area contributed by atoms with Gasteiger partial charge in [-0.2, -0.15) is 0 Å². The molecule has 0 amide bonds. The maximum Gasteiger partial charge on any atom is 0.198 e. The summed E-state index contributed by atoms with van der Waals surface area (Å²) in [5.74, 6) is 0. The third-order valence-corrected chi connectivity index (χ3v) is 15.8. The number of para-hydroxylation sites is 1. The molecule has 0 saturated carbocycles. The summed E-state index contributed by atoms with van der Waals surface area (Å²) in [6.45, 7) is 13.8. The molecule has 0 spiro atoms. The predicted molar refractivity (Wildman–Crippen MR) is 273 cm³/mol. The number of thiophene rings is 2. The number of anilines is 2. The van der Waals surface area contributed by atoms with E-state index in [-0.39, 0.29) is 10.8 Å². The summed E-state index contributed by atoms with van der Waals surface area (Å²) in [5.41, 5.74) is 15.8. The molecule has 4 aromatic heterocycles. The van der Waals surface area contributed by atoms with E-state index in [1.165, 1.54) is 101 Å². The molecule has 5 heterocycles. The van der Waals surface area contributed by atoms with Gasteiger partial charge in [0.25, 0.3) is 0 Å². The average molecular weight is 835 g/mol. The molecular formula is C56H43BN2OS2. The number of benzene rings is 8. The van der Waals surface area contributed by atoms with Gasteiger partial charge in [-0.25, -0.2) is 0 Å². The van der Waals surface area contributed by atoms with Gasteiger partial charge in [0.1, 0.15) is 11.2 Å². The highest BCUT2D eigenvalue weighted by atomic mass is 32.1. The highest BCUT2D eigenvalue weighted by Gasteiger charge is 2.32. The third-order valence-electron chi connectivity index (χ3n) is 13.5. The van der Waals surface area contributed by atoms with Crippen LogP contribution >= 0.6 is 22.7 Å². The van der Waals surface area contributed by atoms with Crippen molar-refractivity contribution in [1.82, 2.24) is 4.57 Å². The highest BCUT2D eigenvalue weighted by Crippen LogP contribution is 2.51. The van der Waals surface area contributed by atoms with E-state index in [1.54, 1.807) is 0 Å². The van der Waals surface area contributed by atoms with Crippen molar-refractivity contribution in [2.24, 2.45) is 0 Å². The van der Waals surface area contributed by atoms with E-state index in [0.29, 0.717) is 0 Å². The lowest BCUT2D eigenvalue weighted by Gasteiger charge is -2.25. The lowest BCUT2D eigenvalue weighted by Crippen LogP contribution is -2.37. The molecule has 6 heteroatoms. The number of nitrogens with one attached hydrogen (secondary N) is 1. The summed E-state index contributed by atoms with van der Waals surface area (Å²) in [6, 6.07) is 52.4. The highest BCUT2D eigenvalue weighted by molar-refractivity contribution is 7.27. The summed E-state index contributed by atoms with van der Waals surface area (Å²) in [4.78, 5) is 0. The van der Waals surface area contributed by atoms with Crippen LogP contribution in [0.4, 0.5) is 11.4 Å². The van der Waals surface area contributed by atoms with Crippen LogP contribution in [-0.4, -0.2) is 11.8 Å². The molecule has 0 unspecified atom stereocenters. The molecule has 0 fully saturated rings. The molecule has 0 bridgehead atoms. The average Bonchev–Trinajstić information content (AvgIpc) is 4.01. The quantitative estimate of drug-likeness (QED) is 0.180. The summed E-state index contributed by atoms with van der Waals surface area (Å²) >= 11 is 3.82. The van der Waals surface area contributed by atoms with Gasteiger partial charge < -0.3 is 14.3 Å². The van der Waals surface area contributed by atoms with E-state index in [9.17, 15) is 0 Å².